The van der Waals surface area contributed by atoms with Gasteiger partial charge in [0.1, 0.15) is 6.61 Å². The van der Waals surface area contributed by atoms with Gasteiger partial charge in [0.25, 0.3) is 0 Å². The molecule has 108 valence electrons. The molecule has 0 fully saturated rings. The van der Waals surface area contributed by atoms with E-state index in [1.807, 2.05) is 30.5 Å². The Bertz CT molecular complexity index is 567. The van der Waals surface area contributed by atoms with Crippen molar-refractivity contribution in [2.45, 2.75) is 32.9 Å². The van der Waals surface area contributed by atoms with Crippen LogP contribution in [0, 0.1) is 0 Å². The summed E-state index contributed by atoms with van der Waals surface area (Å²) in [6.45, 7) is 4.49. The molecule has 1 aromatic carbocycles. The second kappa shape index (κ2) is 6.72. The molecule has 0 spiro atoms. The highest BCUT2D eigenvalue weighted by molar-refractivity contribution is 7.09. The van der Waals surface area contributed by atoms with Crippen molar-refractivity contribution in [2.75, 3.05) is 7.11 Å². The monoisotopic (exact) mass is 292 g/mol. The zero-order valence-corrected chi connectivity index (χ0v) is 12.9. The predicted molar refractivity (Wildman–Crippen MR) is 81.4 cm³/mol. The number of rotatable bonds is 6. The number of benzene rings is 1. The topological polar surface area (TPSA) is 57.4 Å². The van der Waals surface area contributed by atoms with Crippen LogP contribution in [0.3, 0.4) is 0 Å². The predicted octanol–water partition coefficient (Wildman–Crippen LogP) is 3.31. The molecule has 1 aromatic heterocycles. The number of aromatic nitrogens is 1. The van der Waals surface area contributed by atoms with Gasteiger partial charge in [0.15, 0.2) is 11.5 Å². The summed E-state index contributed by atoms with van der Waals surface area (Å²) in [6, 6.07) is 5.74. The van der Waals surface area contributed by atoms with Crippen LogP contribution in [-0.4, -0.2) is 12.1 Å². The third-order valence-electron chi connectivity index (χ3n) is 2.99. The van der Waals surface area contributed by atoms with Gasteiger partial charge >= 0.3 is 0 Å². The van der Waals surface area contributed by atoms with Crippen molar-refractivity contribution in [3.63, 3.8) is 0 Å². The summed E-state index contributed by atoms with van der Waals surface area (Å²) < 4.78 is 11.1. The molecular weight excluding hydrogens is 272 g/mol. The lowest BCUT2D eigenvalue weighted by atomic mass is 10.1. The molecule has 2 N–H and O–H groups in total. The van der Waals surface area contributed by atoms with Gasteiger partial charge in [0.05, 0.1) is 17.8 Å². The smallest absolute Gasteiger partial charge is 0.161 e. The van der Waals surface area contributed by atoms with Gasteiger partial charge in [0, 0.05) is 11.4 Å². The van der Waals surface area contributed by atoms with Crippen LogP contribution in [-0.2, 0) is 13.0 Å². The van der Waals surface area contributed by atoms with Gasteiger partial charge in [-0.1, -0.05) is 13.0 Å². The summed E-state index contributed by atoms with van der Waals surface area (Å²) in [7, 11) is 1.63. The van der Waals surface area contributed by atoms with Gasteiger partial charge in [0.2, 0.25) is 0 Å². The van der Waals surface area contributed by atoms with Crippen LogP contribution in [0.1, 0.15) is 36.2 Å². The van der Waals surface area contributed by atoms with Crippen molar-refractivity contribution in [3.8, 4) is 11.5 Å². The Morgan fingerprint density at radius 2 is 2.15 bits per heavy atom. The number of thiazole rings is 1. The first-order valence-corrected chi connectivity index (χ1v) is 7.51. The van der Waals surface area contributed by atoms with Gasteiger partial charge in [-0.2, -0.15) is 0 Å². The maximum absolute atomic E-state index is 5.87. The zero-order chi connectivity index (χ0) is 14.5. The Morgan fingerprint density at radius 1 is 1.35 bits per heavy atom. The van der Waals surface area contributed by atoms with Crippen molar-refractivity contribution in [1.82, 2.24) is 4.98 Å². The number of hydrogen-bond donors (Lipinski definition) is 1. The van der Waals surface area contributed by atoms with Crippen LogP contribution >= 0.6 is 11.3 Å². The van der Waals surface area contributed by atoms with E-state index >= 15 is 0 Å². The fourth-order valence-electron chi connectivity index (χ4n) is 1.82. The number of nitrogens with zero attached hydrogens (tertiary/aromatic N) is 1. The normalized spacial score (nSPS) is 12.2. The van der Waals surface area contributed by atoms with Crippen LogP contribution in [0.2, 0.25) is 0 Å². The summed E-state index contributed by atoms with van der Waals surface area (Å²) in [4.78, 5) is 4.48. The van der Waals surface area contributed by atoms with Crippen molar-refractivity contribution >= 4 is 11.3 Å². The molecule has 0 aliphatic carbocycles. The summed E-state index contributed by atoms with van der Waals surface area (Å²) in [6.07, 6.45) is 0.955. The second-order valence-corrected chi connectivity index (χ2v) is 5.52. The first kappa shape index (κ1) is 14.8. The van der Waals surface area contributed by atoms with Crippen LogP contribution < -0.4 is 15.2 Å². The minimum absolute atomic E-state index is 0.0244. The molecule has 0 aliphatic rings. The number of aryl methyl sites for hydroxylation is 1. The molecule has 4 nitrogen and oxygen atoms in total. The molecule has 0 amide bonds. The molecule has 0 bridgehead atoms. The number of ether oxygens (including phenoxy) is 2. The maximum atomic E-state index is 5.87. The molecule has 20 heavy (non-hydrogen) atoms. The first-order valence-electron chi connectivity index (χ1n) is 6.63. The van der Waals surface area contributed by atoms with Gasteiger partial charge in [-0.3, -0.25) is 0 Å². The molecule has 0 aliphatic heterocycles. The summed E-state index contributed by atoms with van der Waals surface area (Å²) in [5.74, 6) is 1.41. The minimum atomic E-state index is -0.0244. The molecule has 0 saturated heterocycles. The summed E-state index contributed by atoms with van der Waals surface area (Å²) in [5, 5.41) is 3.16. The Labute approximate surface area is 123 Å². The first-order chi connectivity index (χ1) is 9.63. The zero-order valence-electron chi connectivity index (χ0n) is 12.1. The molecule has 1 heterocycles. The van der Waals surface area contributed by atoms with Crippen molar-refractivity contribution < 1.29 is 9.47 Å². The van der Waals surface area contributed by atoms with Gasteiger partial charge < -0.3 is 15.2 Å². The van der Waals surface area contributed by atoms with Crippen molar-refractivity contribution in [2.24, 2.45) is 5.73 Å². The molecular formula is C15H20N2O2S. The Kier molecular flexibility index (Phi) is 4.98. The molecule has 5 heteroatoms. The molecule has 0 saturated carbocycles. The quantitative estimate of drug-likeness (QED) is 0.887. The number of hydrogen-bond acceptors (Lipinski definition) is 5. The van der Waals surface area contributed by atoms with Crippen LogP contribution in [0.15, 0.2) is 23.6 Å². The number of nitrogens with two attached hydrogens (primary N) is 1. The molecule has 1 atom stereocenters. The Balaban J connectivity index is 2.08. The van der Waals surface area contributed by atoms with E-state index in [0.29, 0.717) is 18.1 Å². The van der Waals surface area contributed by atoms with E-state index < -0.39 is 0 Å². The standard InChI is InChI=1S/C15H20N2O2S/c1-4-15-17-12(9-20-15)8-19-13-6-5-11(10(2)16)7-14(13)18-3/h5-7,9-10H,4,8,16H2,1-3H3. The van der Waals surface area contributed by atoms with E-state index in [1.165, 1.54) is 0 Å². The fourth-order valence-corrected chi connectivity index (χ4v) is 2.55. The van der Waals surface area contributed by atoms with Crippen LogP contribution in [0.4, 0.5) is 0 Å². The van der Waals surface area contributed by atoms with E-state index in [-0.39, 0.29) is 6.04 Å². The summed E-state index contributed by atoms with van der Waals surface area (Å²) in [5.41, 5.74) is 7.84. The molecule has 0 radical (unpaired) electrons. The van der Waals surface area contributed by atoms with Crippen molar-refractivity contribution in [3.05, 3.63) is 39.8 Å². The third kappa shape index (κ3) is 3.49. The highest BCUT2D eigenvalue weighted by atomic mass is 32.1. The third-order valence-corrected chi connectivity index (χ3v) is 4.03. The van der Waals surface area contributed by atoms with Gasteiger partial charge in [-0.05, 0) is 31.0 Å². The van der Waals surface area contributed by atoms with E-state index in [9.17, 15) is 0 Å². The second-order valence-electron chi connectivity index (χ2n) is 4.57. The molecule has 2 rings (SSSR count). The lowest BCUT2D eigenvalue weighted by molar-refractivity contribution is 0.281. The largest absolute Gasteiger partial charge is 0.493 e. The Morgan fingerprint density at radius 3 is 2.75 bits per heavy atom. The van der Waals surface area contributed by atoms with E-state index in [0.717, 1.165) is 22.7 Å². The van der Waals surface area contributed by atoms with Crippen LogP contribution in [0.25, 0.3) is 0 Å². The fraction of sp³-hybridized carbons (Fsp3) is 0.400. The highest BCUT2D eigenvalue weighted by Gasteiger charge is 2.09. The Hall–Kier alpha value is -1.59. The molecule has 1 unspecified atom stereocenters. The van der Waals surface area contributed by atoms with Crippen LogP contribution in [0.5, 0.6) is 11.5 Å². The van der Waals surface area contributed by atoms with Gasteiger partial charge in [-0.15, -0.1) is 11.3 Å². The van der Waals surface area contributed by atoms with Gasteiger partial charge in [-0.25, -0.2) is 4.98 Å². The maximum Gasteiger partial charge on any atom is 0.161 e. The summed E-state index contributed by atoms with van der Waals surface area (Å²) >= 11 is 1.66. The van der Waals surface area contributed by atoms with E-state index in [1.54, 1.807) is 18.4 Å². The van der Waals surface area contributed by atoms with Crippen molar-refractivity contribution in [1.29, 1.82) is 0 Å². The van der Waals surface area contributed by atoms with E-state index in [4.69, 9.17) is 15.2 Å². The minimum Gasteiger partial charge on any atom is -0.493 e. The lowest BCUT2D eigenvalue weighted by Crippen LogP contribution is -2.05. The highest BCUT2D eigenvalue weighted by Crippen LogP contribution is 2.30. The SMILES string of the molecule is CCc1nc(COc2ccc(C(C)N)cc2OC)cs1. The molecule has 2 aromatic rings. The average Bonchev–Trinajstić information content (AvgIpc) is 2.92. The average molecular weight is 292 g/mol. The lowest BCUT2D eigenvalue weighted by Gasteiger charge is -2.13. The number of methoxy groups -OCH3 is 1. The van der Waals surface area contributed by atoms with E-state index in [2.05, 4.69) is 11.9 Å².